The molecule has 0 fully saturated rings. The van der Waals surface area contributed by atoms with Crippen molar-refractivity contribution in [2.45, 2.75) is 13.1 Å². The first-order valence-corrected chi connectivity index (χ1v) is 11.1. The van der Waals surface area contributed by atoms with Gasteiger partial charge in [-0.2, -0.15) is 18.3 Å². The van der Waals surface area contributed by atoms with Crippen molar-refractivity contribution in [1.29, 1.82) is 0 Å². The van der Waals surface area contributed by atoms with E-state index in [0.29, 0.717) is 22.2 Å². The predicted molar refractivity (Wildman–Crippen MR) is 128 cm³/mol. The topological polar surface area (TPSA) is 80.1 Å². The molecule has 2 aromatic carbocycles. The first-order valence-electron chi connectivity index (χ1n) is 10.2. The number of amides is 2. The lowest BCUT2D eigenvalue weighted by atomic mass is 10.2. The van der Waals surface area contributed by atoms with Crippen LogP contribution < -0.4 is 10.2 Å². The molecule has 178 valence electrons. The number of hydrogen-bond acceptors (Lipinski definition) is 5. The van der Waals surface area contributed by atoms with E-state index >= 15 is 0 Å². The molecule has 2 heterocycles. The minimum Gasteiger partial charge on any atom is -0.323 e. The second-order valence-electron chi connectivity index (χ2n) is 7.24. The molecular weight excluding hydrogens is 479 g/mol. The largest absolute Gasteiger partial charge is 0.433 e. The van der Waals surface area contributed by atoms with Crippen LogP contribution in [0.1, 0.15) is 18.3 Å². The SMILES string of the molecule is CC(=O)N(c1ccccc1)c1nc(/C=C/C(=O)Nc2ccc(-n3nccc3C(F)(F)F)cc2)cs1. The number of nitrogens with zero attached hydrogens (tertiary/aromatic N) is 4. The van der Waals surface area contributed by atoms with Gasteiger partial charge in [-0.25, -0.2) is 9.67 Å². The van der Waals surface area contributed by atoms with Gasteiger partial charge in [0.2, 0.25) is 11.8 Å². The second-order valence-corrected chi connectivity index (χ2v) is 8.08. The Labute approximate surface area is 202 Å². The fraction of sp³-hybridized carbons (Fsp3) is 0.0833. The van der Waals surface area contributed by atoms with Gasteiger partial charge in [0.25, 0.3) is 0 Å². The van der Waals surface area contributed by atoms with Gasteiger partial charge in [-0.3, -0.25) is 14.5 Å². The Hall–Kier alpha value is -4.25. The average Bonchev–Trinajstić information content (AvgIpc) is 3.49. The Balaban J connectivity index is 1.42. The highest BCUT2D eigenvalue weighted by atomic mass is 32.1. The van der Waals surface area contributed by atoms with E-state index in [9.17, 15) is 22.8 Å². The van der Waals surface area contributed by atoms with Gasteiger partial charge in [-0.15, -0.1) is 11.3 Å². The van der Waals surface area contributed by atoms with Crippen LogP contribution in [0.5, 0.6) is 0 Å². The average molecular weight is 498 g/mol. The van der Waals surface area contributed by atoms with Crippen LogP contribution in [0.15, 0.2) is 78.3 Å². The van der Waals surface area contributed by atoms with Crippen LogP contribution in [0, 0.1) is 0 Å². The summed E-state index contributed by atoms with van der Waals surface area (Å²) in [6, 6.07) is 15.8. The summed E-state index contributed by atoms with van der Waals surface area (Å²) < 4.78 is 40.0. The summed E-state index contributed by atoms with van der Waals surface area (Å²) in [7, 11) is 0. The molecule has 0 aliphatic carbocycles. The molecule has 0 spiro atoms. The quantitative estimate of drug-likeness (QED) is 0.348. The van der Waals surface area contributed by atoms with Crippen molar-refractivity contribution in [2.24, 2.45) is 0 Å². The summed E-state index contributed by atoms with van der Waals surface area (Å²) in [5.74, 6) is -0.645. The highest BCUT2D eigenvalue weighted by Gasteiger charge is 2.35. The van der Waals surface area contributed by atoms with E-state index in [-0.39, 0.29) is 11.6 Å². The maximum atomic E-state index is 13.1. The molecule has 7 nitrogen and oxygen atoms in total. The van der Waals surface area contributed by atoms with Crippen LogP contribution in [0.4, 0.5) is 29.7 Å². The molecule has 2 aromatic heterocycles. The lowest BCUT2D eigenvalue weighted by molar-refractivity contribution is -0.142. The number of aromatic nitrogens is 3. The Morgan fingerprint density at radius 2 is 1.77 bits per heavy atom. The van der Waals surface area contributed by atoms with E-state index in [1.807, 2.05) is 18.2 Å². The summed E-state index contributed by atoms with van der Waals surface area (Å²) in [5.41, 5.74) is 0.893. The van der Waals surface area contributed by atoms with Crippen LogP contribution in [0.25, 0.3) is 11.8 Å². The number of nitrogens with one attached hydrogen (secondary N) is 1. The minimum atomic E-state index is -4.54. The zero-order valence-corrected chi connectivity index (χ0v) is 19.0. The minimum absolute atomic E-state index is 0.195. The molecule has 35 heavy (non-hydrogen) atoms. The molecule has 0 saturated heterocycles. The molecule has 1 N–H and O–H groups in total. The van der Waals surface area contributed by atoms with Crippen LogP contribution in [0.2, 0.25) is 0 Å². The summed E-state index contributed by atoms with van der Waals surface area (Å²) in [6.07, 6.45) is -0.677. The van der Waals surface area contributed by atoms with Crippen molar-refractivity contribution in [2.75, 3.05) is 10.2 Å². The first kappa shape index (κ1) is 23.9. The lowest BCUT2D eigenvalue weighted by Gasteiger charge is -2.17. The number of carbonyl (C=O) groups is 2. The van der Waals surface area contributed by atoms with Gasteiger partial charge in [-0.1, -0.05) is 18.2 Å². The van der Waals surface area contributed by atoms with Crippen LogP contribution in [-0.2, 0) is 15.8 Å². The monoisotopic (exact) mass is 497 g/mol. The number of para-hydroxylation sites is 1. The molecule has 0 aliphatic heterocycles. The molecular formula is C24H18F3N5O2S. The third-order valence-electron chi connectivity index (χ3n) is 4.75. The highest BCUT2D eigenvalue weighted by molar-refractivity contribution is 7.14. The van der Waals surface area contributed by atoms with Gasteiger partial charge < -0.3 is 5.32 Å². The predicted octanol–water partition coefficient (Wildman–Crippen LogP) is 5.68. The number of rotatable bonds is 6. The molecule has 0 aliphatic rings. The van der Waals surface area contributed by atoms with Gasteiger partial charge in [0.05, 0.1) is 23.3 Å². The number of halogens is 3. The smallest absolute Gasteiger partial charge is 0.323 e. The lowest BCUT2D eigenvalue weighted by Crippen LogP contribution is -2.22. The van der Waals surface area contributed by atoms with E-state index in [1.54, 1.807) is 17.5 Å². The molecule has 0 bridgehead atoms. The summed E-state index contributed by atoms with van der Waals surface area (Å²) >= 11 is 1.26. The molecule has 2 amide bonds. The van der Waals surface area contributed by atoms with Crippen LogP contribution >= 0.6 is 11.3 Å². The third-order valence-corrected chi connectivity index (χ3v) is 5.59. The molecule has 0 radical (unpaired) electrons. The normalized spacial score (nSPS) is 11.5. The fourth-order valence-electron chi connectivity index (χ4n) is 3.21. The fourth-order valence-corrected chi connectivity index (χ4v) is 4.07. The maximum Gasteiger partial charge on any atom is 0.433 e. The Bertz CT molecular complexity index is 1360. The molecule has 0 unspecified atom stereocenters. The molecule has 4 rings (SSSR count). The van der Waals surface area contributed by atoms with Gasteiger partial charge >= 0.3 is 6.18 Å². The molecule has 0 saturated carbocycles. The summed E-state index contributed by atoms with van der Waals surface area (Å²) in [6.45, 7) is 1.44. The number of alkyl halides is 3. The van der Waals surface area contributed by atoms with E-state index < -0.39 is 17.8 Å². The van der Waals surface area contributed by atoms with Crippen molar-refractivity contribution in [3.63, 3.8) is 0 Å². The number of anilines is 3. The Morgan fingerprint density at radius 3 is 2.43 bits per heavy atom. The number of thiazole rings is 1. The number of hydrogen-bond donors (Lipinski definition) is 1. The Kier molecular flexibility index (Phi) is 6.78. The van der Waals surface area contributed by atoms with Crippen LogP contribution in [-0.4, -0.2) is 26.6 Å². The van der Waals surface area contributed by atoms with E-state index in [1.165, 1.54) is 59.6 Å². The van der Waals surface area contributed by atoms with Crippen molar-refractivity contribution >= 4 is 45.7 Å². The third kappa shape index (κ3) is 5.64. The Morgan fingerprint density at radius 1 is 1.06 bits per heavy atom. The van der Waals surface area contributed by atoms with Crippen molar-refractivity contribution < 1.29 is 22.8 Å². The van der Waals surface area contributed by atoms with Crippen LogP contribution in [0.3, 0.4) is 0 Å². The second kappa shape index (κ2) is 9.94. The van der Waals surface area contributed by atoms with Gasteiger partial charge in [0.1, 0.15) is 5.69 Å². The standard InChI is InChI=1S/C24H18F3N5O2S/c1-16(33)31(19-5-3-2-4-6-19)23-30-18(15-35-23)9-12-22(34)29-17-7-10-20(11-8-17)32-21(13-14-28-32)24(25,26)27/h2-15H,1H3,(H,29,34)/b12-9+. The van der Waals surface area contributed by atoms with E-state index in [0.717, 1.165) is 16.9 Å². The van der Waals surface area contributed by atoms with Crippen molar-refractivity contribution in [1.82, 2.24) is 14.8 Å². The number of carbonyl (C=O) groups excluding carboxylic acids is 2. The van der Waals surface area contributed by atoms with Gasteiger partial charge in [0, 0.05) is 24.1 Å². The van der Waals surface area contributed by atoms with Gasteiger partial charge in [-0.05, 0) is 48.5 Å². The molecule has 4 aromatic rings. The highest BCUT2D eigenvalue weighted by Crippen LogP contribution is 2.31. The molecule has 11 heteroatoms. The van der Waals surface area contributed by atoms with Gasteiger partial charge in [0.15, 0.2) is 5.13 Å². The van der Waals surface area contributed by atoms with Crippen molar-refractivity contribution in [3.05, 3.63) is 89.7 Å². The summed E-state index contributed by atoms with van der Waals surface area (Å²) in [5, 5.41) is 8.54. The zero-order valence-electron chi connectivity index (χ0n) is 18.2. The zero-order chi connectivity index (χ0) is 25.0. The van der Waals surface area contributed by atoms with Crippen molar-refractivity contribution in [3.8, 4) is 5.69 Å². The summed E-state index contributed by atoms with van der Waals surface area (Å²) in [4.78, 5) is 30.3. The van der Waals surface area contributed by atoms with E-state index in [2.05, 4.69) is 15.4 Å². The first-order chi connectivity index (χ1) is 16.7. The van der Waals surface area contributed by atoms with E-state index in [4.69, 9.17) is 0 Å². The number of benzene rings is 2. The molecule has 0 atom stereocenters. The maximum absolute atomic E-state index is 13.1.